The number of aromatic nitrogens is 2. The SMILES string of the molecule is Cc1cc2occ(CC(=O)N3CCN(c4ncccn4)CC3)c2cc1C. The van der Waals surface area contributed by atoms with Gasteiger partial charge in [0, 0.05) is 49.5 Å². The molecule has 2 aromatic heterocycles. The maximum atomic E-state index is 12.7. The van der Waals surface area contributed by atoms with Gasteiger partial charge in [-0.25, -0.2) is 9.97 Å². The molecule has 1 saturated heterocycles. The zero-order chi connectivity index (χ0) is 18.1. The minimum Gasteiger partial charge on any atom is -0.464 e. The Morgan fingerprint density at radius 2 is 1.77 bits per heavy atom. The number of fused-ring (bicyclic) bond motifs is 1. The third kappa shape index (κ3) is 3.14. The van der Waals surface area contributed by atoms with E-state index in [1.54, 1.807) is 18.7 Å². The summed E-state index contributed by atoms with van der Waals surface area (Å²) < 4.78 is 5.65. The van der Waals surface area contributed by atoms with Crippen LogP contribution in [-0.4, -0.2) is 47.0 Å². The van der Waals surface area contributed by atoms with Crippen molar-refractivity contribution in [3.8, 4) is 0 Å². The Morgan fingerprint density at radius 1 is 1.08 bits per heavy atom. The van der Waals surface area contributed by atoms with Crippen LogP contribution in [0.3, 0.4) is 0 Å². The van der Waals surface area contributed by atoms with Crippen molar-refractivity contribution >= 4 is 22.8 Å². The maximum Gasteiger partial charge on any atom is 0.227 e. The molecule has 0 radical (unpaired) electrons. The van der Waals surface area contributed by atoms with Crippen molar-refractivity contribution in [2.24, 2.45) is 0 Å². The highest BCUT2D eigenvalue weighted by atomic mass is 16.3. The molecule has 1 aromatic carbocycles. The van der Waals surface area contributed by atoms with E-state index in [4.69, 9.17) is 4.42 Å². The summed E-state index contributed by atoms with van der Waals surface area (Å²) in [5.74, 6) is 0.867. The average Bonchev–Trinajstić information content (AvgIpc) is 3.04. The third-order valence-electron chi connectivity index (χ3n) is 5.08. The third-order valence-corrected chi connectivity index (χ3v) is 5.08. The number of aryl methyl sites for hydroxylation is 2. The largest absolute Gasteiger partial charge is 0.464 e. The van der Waals surface area contributed by atoms with Gasteiger partial charge in [0.25, 0.3) is 0 Å². The first kappa shape index (κ1) is 16.6. The topological polar surface area (TPSA) is 62.5 Å². The van der Waals surface area contributed by atoms with E-state index in [1.165, 1.54) is 11.1 Å². The molecule has 0 N–H and O–H groups in total. The van der Waals surface area contributed by atoms with Crippen LogP contribution in [0.4, 0.5) is 5.95 Å². The van der Waals surface area contributed by atoms with Gasteiger partial charge in [-0.15, -0.1) is 0 Å². The predicted molar refractivity (Wildman–Crippen MR) is 100 cm³/mol. The number of carbonyl (C=O) groups excluding carboxylic acids is 1. The summed E-state index contributed by atoms with van der Waals surface area (Å²) in [6, 6.07) is 5.96. The molecule has 0 spiro atoms. The normalized spacial score (nSPS) is 14.8. The number of furan rings is 1. The van der Waals surface area contributed by atoms with Crippen LogP contribution in [0, 0.1) is 13.8 Å². The molecular formula is C20H22N4O2. The molecule has 0 saturated carbocycles. The van der Waals surface area contributed by atoms with Crippen LogP contribution in [0.5, 0.6) is 0 Å². The van der Waals surface area contributed by atoms with Gasteiger partial charge in [-0.05, 0) is 43.2 Å². The van der Waals surface area contributed by atoms with Crippen molar-refractivity contribution in [1.82, 2.24) is 14.9 Å². The van der Waals surface area contributed by atoms with Gasteiger partial charge in [0.05, 0.1) is 12.7 Å². The Morgan fingerprint density at radius 3 is 2.50 bits per heavy atom. The first-order valence-electron chi connectivity index (χ1n) is 8.89. The highest BCUT2D eigenvalue weighted by molar-refractivity contribution is 5.88. The molecule has 1 fully saturated rings. The van der Waals surface area contributed by atoms with Crippen LogP contribution in [0.1, 0.15) is 16.7 Å². The number of hydrogen-bond donors (Lipinski definition) is 0. The number of benzene rings is 1. The average molecular weight is 350 g/mol. The Kier molecular flexibility index (Phi) is 4.32. The van der Waals surface area contributed by atoms with Gasteiger partial charge in [-0.3, -0.25) is 4.79 Å². The fourth-order valence-electron chi connectivity index (χ4n) is 3.36. The van der Waals surface area contributed by atoms with Crippen molar-refractivity contribution in [1.29, 1.82) is 0 Å². The summed E-state index contributed by atoms with van der Waals surface area (Å²) in [6.07, 6.45) is 5.58. The van der Waals surface area contributed by atoms with E-state index >= 15 is 0 Å². The lowest BCUT2D eigenvalue weighted by molar-refractivity contribution is -0.130. The number of rotatable bonds is 3. The molecule has 1 aliphatic heterocycles. The second kappa shape index (κ2) is 6.78. The minimum absolute atomic E-state index is 0.138. The first-order chi connectivity index (χ1) is 12.6. The van der Waals surface area contributed by atoms with Crippen molar-refractivity contribution in [2.75, 3.05) is 31.1 Å². The van der Waals surface area contributed by atoms with E-state index in [9.17, 15) is 4.79 Å². The Hall–Kier alpha value is -2.89. The molecule has 0 aliphatic carbocycles. The molecule has 1 aliphatic rings. The summed E-state index contributed by atoms with van der Waals surface area (Å²) in [6.45, 7) is 7.02. The fourth-order valence-corrected chi connectivity index (χ4v) is 3.36. The van der Waals surface area contributed by atoms with Crippen LogP contribution in [0.15, 0.2) is 41.3 Å². The summed E-state index contributed by atoms with van der Waals surface area (Å²) >= 11 is 0. The standard InChI is InChI=1S/C20H22N4O2/c1-14-10-17-16(13-26-18(17)11-15(14)2)12-19(25)23-6-8-24(9-7-23)20-21-4-3-5-22-20/h3-5,10-11,13H,6-9,12H2,1-2H3. The molecule has 1 amide bonds. The van der Waals surface area contributed by atoms with Gasteiger partial charge in [-0.2, -0.15) is 0 Å². The van der Waals surface area contributed by atoms with Gasteiger partial charge < -0.3 is 14.2 Å². The molecule has 26 heavy (non-hydrogen) atoms. The van der Waals surface area contributed by atoms with Crippen molar-refractivity contribution in [3.63, 3.8) is 0 Å². The number of hydrogen-bond acceptors (Lipinski definition) is 5. The highest BCUT2D eigenvalue weighted by Crippen LogP contribution is 2.25. The predicted octanol–water partition coefficient (Wildman–Crippen LogP) is 2.73. The Labute approximate surface area is 152 Å². The van der Waals surface area contributed by atoms with Crippen molar-refractivity contribution in [3.05, 3.63) is 53.5 Å². The molecule has 6 nitrogen and oxygen atoms in total. The first-order valence-corrected chi connectivity index (χ1v) is 8.89. The van der Waals surface area contributed by atoms with Crippen LogP contribution in [0.25, 0.3) is 11.0 Å². The molecule has 0 unspecified atom stereocenters. The van der Waals surface area contributed by atoms with E-state index in [0.29, 0.717) is 19.5 Å². The van der Waals surface area contributed by atoms with Crippen molar-refractivity contribution < 1.29 is 9.21 Å². The van der Waals surface area contributed by atoms with Crippen molar-refractivity contribution in [2.45, 2.75) is 20.3 Å². The van der Waals surface area contributed by atoms with E-state index in [0.717, 1.165) is 35.6 Å². The monoisotopic (exact) mass is 350 g/mol. The lowest BCUT2D eigenvalue weighted by atomic mass is 10.0. The van der Waals surface area contributed by atoms with E-state index < -0.39 is 0 Å². The summed E-state index contributed by atoms with van der Waals surface area (Å²) in [5, 5.41) is 1.04. The molecule has 6 heteroatoms. The molecule has 0 atom stereocenters. The van der Waals surface area contributed by atoms with Crippen LogP contribution >= 0.6 is 0 Å². The van der Waals surface area contributed by atoms with E-state index in [-0.39, 0.29) is 5.91 Å². The molecule has 3 heterocycles. The molecule has 3 aromatic rings. The van der Waals surface area contributed by atoms with Gasteiger partial charge in [0.15, 0.2) is 0 Å². The zero-order valence-electron chi connectivity index (χ0n) is 15.1. The quantitative estimate of drug-likeness (QED) is 0.727. The fraction of sp³-hybridized carbons (Fsp3) is 0.350. The maximum absolute atomic E-state index is 12.7. The number of piperazine rings is 1. The number of carbonyl (C=O) groups is 1. The Bertz CT molecular complexity index is 928. The van der Waals surface area contributed by atoms with E-state index in [2.05, 4.69) is 34.8 Å². The summed E-state index contributed by atoms with van der Waals surface area (Å²) in [4.78, 5) is 25.3. The smallest absolute Gasteiger partial charge is 0.227 e. The minimum atomic E-state index is 0.138. The number of anilines is 1. The summed E-state index contributed by atoms with van der Waals surface area (Å²) in [5.41, 5.74) is 4.22. The number of amides is 1. The lowest BCUT2D eigenvalue weighted by Crippen LogP contribution is -2.49. The highest BCUT2D eigenvalue weighted by Gasteiger charge is 2.23. The van der Waals surface area contributed by atoms with Gasteiger partial charge in [0.2, 0.25) is 11.9 Å². The molecule has 0 bridgehead atoms. The molecule has 4 rings (SSSR count). The lowest BCUT2D eigenvalue weighted by Gasteiger charge is -2.34. The number of nitrogens with zero attached hydrogens (tertiary/aromatic N) is 4. The molecule has 134 valence electrons. The zero-order valence-corrected chi connectivity index (χ0v) is 15.1. The van der Waals surface area contributed by atoms with Gasteiger partial charge in [-0.1, -0.05) is 0 Å². The van der Waals surface area contributed by atoms with Crippen LogP contribution < -0.4 is 4.90 Å². The molecular weight excluding hydrogens is 328 g/mol. The van der Waals surface area contributed by atoms with Crippen LogP contribution in [0.2, 0.25) is 0 Å². The van der Waals surface area contributed by atoms with Crippen LogP contribution in [-0.2, 0) is 11.2 Å². The summed E-state index contributed by atoms with van der Waals surface area (Å²) in [7, 11) is 0. The van der Waals surface area contributed by atoms with E-state index in [1.807, 2.05) is 17.0 Å². The Balaban J connectivity index is 1.43. The van der Waals surface area contributed by atoms with Gasteiger partial charge in [0.1, 0.15) is 5.58 Å². The second-order valence-electron chi connectivity index (χ2n) is 6.79. The van der Waals surface area contributed by atoms with Gasteiger partial charge >= 0.3 is 0 Å². The second-order valence-corrected chi connectivity index (χ2v) is 6.79.